The van der Waals surface area contributed by atoms with Crippen LogP contribution in [0.2, 0.25) is 0 Å². The molecule has 0 saturated heterocycles. The number of rotatable bonds is 3. The molecular weight excluding hydrogens is 383 g/mol. The van der Waals surface area contributed by atoms with Gasteiger partial charge in [-0.3, -0.25) is 9.89 Å². The average Bonchev–Trinajstić information content (AvgIpc) is 3.09. The number of nitrogens with one attached hydrogen (secondary N) is 2. The maximum absolute atomic E-state index is 12.7. The quantitative estimate of drug-likeness (QED) is 0.529. The molecule has 1 aromatic carbocycles. The van der Waals surface area contributed by atoms with Crippen molar-refractivity contribution in [1.29, 1.82) is 0 Å². The molecule has 29 heavy (non-hydrogen) atoms. The van der Waals surface area contributed by atoms with Crippen LogP contribution >= 0.6 is 0 Å². The number of hydrogen-bond acceptors (Lipinski definition) is 4. The van der Waals surface area contributed by atoms with Crippen molar-refractivity contribution in [2.75, 3.05) is 5.32 Å². The van der Waals surface area contributed by atoms with Gasteiger partial charge >= 0.3 is 6.18 Å². The van der Waals surface area contributed by atoms with Gasteiger partial charge in [0.15, 0.2) is 5.65 Å². The number of hydrogen-bond donors (Lipinski definition) is 2. The maximum Gasteiger partial charge on any atom is 0.416 e. The molecule has 0 atom stereocenters. The molecule has 0 aliphatic rings. The first-order valence-electron chi connectivity index (χ1n) is 8.58. The zero-order valence-corrected chi connectivity index (χ0v) is 15.1. The topological polar surface area (TPSA) is 83.6 Å². The van der Waals surface area contributed by atoms with Crippen LogP contribution in [-0.4, -0.2) is 26.1 Å². The van der Waals surface area contributed by atoms with Gasteiger partial charge in [0.05, 0.1) is 11.3 Å². The summed E-state index contributed by atoms with van der Waals surface area (Å²) >= 11 is 0. The molecule has 0 aliphatic heterocycles. The molecule has 9 heteroatoms. The van der Waals surface area contributed by atoms with Crippen LogP contribution in [0.4, 0.5) is 19.0 Å². The highest BCUT2D eigenvalue weighted by Crippen LogP contribution is 2.31. The van der Waals surface area contributed by atoms with E-state index in [1.54, 1.807) is 31.3 Å². The number of pyridine rings is 2. The Bertz CT molecular complexity index is 1200. The number of alkyl halides is 3. The van der Waals surface area contributed by atoms with Gasteiger partial charge in [-0.05, 0) is 43.3 Å². The van der Waals surface area contributed by atoms with Crippen LogP contribution in [0.25, 0.3) is 22.3 Å². The van der Waals surface area contributed by atoms with Crippen molar-refractivity contribution in [3.8, 4) is 11.3 Å². The number of amides is 1. The van der Waals surface area contributed by atoms with Crippen molar-refractivity contribution in [1.82, 2.24) is 20.2 Å². The Kier molecular flexibility index (Phi) is 4.50. The van der Waals surface area contributed by atoms with Gasteiger partial charge in [-0.2, -0.15) is 18.3 Å². The van der Waals surface area contributed by atoms with E-state index in [0.717, 1.165) is 17.5 Å². The van der Waals surface area contributed by atoms with Crippen LogP contribution in [0.5, 0.6) is 0 Å². The van der Waals surface area contributed by atoms with E-state index in [2.05, 4.69) is 25.5 Å². The SMILES string of the molecule is Cc1c(-c2ccc(C(F)(F)F)cc2)n[nH]c1C(=O)Nc1ccc2cccnc2n1. The molecule has 0 fully saturated rings. The van der Waals surface area contributed by atoms with Crippen LogP contribution in [0.1, 0.15) is 21.6 Å². The fourth-order valence-electron chi connectivity index (χ4n) is 2.92. The summed E-state index contributed by atoms with van der Waals surface area (Å²) < 4.78 is 38.2. The molecule has 0 radical (unpaired) electrons. The molecule has 2 N–H and O–H groups in total. The van der Waals surface area contributed by atoms with E-state index in [1.807, 2.05) is 6.07 Å². The lowest BCUT2D eigenvalue weighted by Crippen LogP contribution is -2.14. The molecule has 1 amide bonds. The van der Waals surface area contributed by atoms with Crippen LogP contribution in [0.15, 0.2) is 54.7 Å². The molecule has 0 bridgehead atoms. The number of carbonyl (C=O) groups excluding carboxylic acids is 1. The third-order valence-electron chi connectivity index (χ3n) is 4.43. The lowest BCUT2D eigenvalue weighted by Gasteiger charge is -2.07. The number of anilines is 1. The second-order valence-electron chi connectivity index (χ2n) is 6.35. The van der Waals surface area contributed by atoms with E-state index in [9.17, 15) is 18.0 Å². The smallest absolute Gasteiger partial charge is 0.305 e. The normalized spacial score (nSPS) is 11.6. The Morgan fingerprint density at radius 2 is 1.83 bits per heavy atom. The lowest BCUT2D eigenvalue weighted by atomic mass is 10.0. The standard InChI is InChI=1S/C20H14F3N5O/c1-11-16(12-4-7-14(8-5-12)20(21,22)23)27-28-17(11)19(29)26-15-9-6-13-3-2-10-24-18(13)25-15/h2-10H,1H3,(H,27,28)(H,24,25,26,29). The molecule has 4 aromatic rings. The van der Waals surface area contributed by atoms with Gasteiger partial charge in [0.25, 0.3) is 5.91 Å². The zero-order valence-electron chi connectivity index (χ0n) is 15.1. The van der Waals surface area contributed by atoms with Gasteiger partial charge in [0, 0.05) is 22.7 Å². The molecular formula is C20H14F3N5O. The Morgan fingerprint density at radius 1 is 1.07 bits per heavy atom. The van der Waals surface area contributed by atoms with Crippen LogP contribution in [0.3, 0.4) is 0 Å². The molecule has 3 heterocycles. The fraction of sp³-hybridized carbons (Fsp3) is 0.100. The van der Waals surface area contributed by atoms with Crippen molar-refractivity contribution >= 4 is 22.8 Å². The van der Waals surface area contributed by atoms with Gasteiger partial charge < -0.3 is 5.32 Å². The van der Waals surface area contributed by atoms with Crippen molar-refractivity contribution in [3.05, 3.63) is 71.5 Å². The number of benzene rings is 1. The van der Waals surface area contributed by atoms with E-state index >= 15 is 0 Å². The van der Waals surface area contributed by atoms with E-state index in [-0.39, 0.29) is 5.69 Å². The Balaban J connectivity index is 1.58. The van der Waals surface area contributed by atoms with Crippen LogP contribution in [0, 0.1) is 6.92 Å². The van der Waals surface area contributed by atoms with Gasteiger partial charge in [-0.15, -0.1) is 0 Å². The largest absolute Gasteiger partial charge is 0.416 e. The first-order valence-corrected chi connectivity index (χ1v) is 8.58. The molecule has 3 aromatic heterocycles. The van der Waals surface area contributed by atoms with Crippen LogP contribution < -0.4 is 5.32 Å². The number of aromatic nitrogens is 4. The Morgan fingerprint density at radius 3 is 2.55 bits per heavy atom. The van der Waals surface area contributed by atoms with E-state index < -0.39 is 17.6 Å². The third kappa shape index (κ3) is 3.66. The van der Waals surface area contributed by atoms with Crippen molar-refractivity contribution in [3.63, 3.8) is 0 Å². The number of aromatic amines is 1. The molecule has 0 unspecified atom stereocenters. The summed E-state index contributed by atoms with van der Waals surface area (Å²) in [5, 5.41) is 10.3. The summed E-state index contributed by atoms with van der Waals surface area (Å²) in [5.74, 6) is -0.137. The molecule has 0 aliphatic carbocycles. The van der Waals surface area contributed by atoms with Crippen molar-refractivity contribution in [2.45, 2.75) is 13.1 Å². The summed E-state index contributed by atoms with van der Waals surface area (Å²) in [4.78, 5) is 21.0. The highest BCUT2D eigenvalue weighted by molar-refractivity contribution is 6.04. The minimum absolute atomic E-state index is 0.197. The highest BCUT2D eigenvalue weighted by Gasteiger charge is 2.30. The third-order valence-corrected chi connectivity index (χ3v) is 4.43. The number of halogens is 3. The predicted octanol–water partition coefficient (Wildman–Crippen LogP) is 4.60. The highest BCUT2D eigenvalue weighted by atomic mass is 19.4. The van der Waals surface area contributed by atoms with E-state index in [1.165, 1.54) is 12.1 Å². The molecule has 0 saturated carbocycles. The average molecular weight is 397 g/mol. The fourth-order valence-corrected chi connectivity index (χ4v) is 2.92. The Hall–Kier alpha value is -3.75. The van der Waals surface area contributed by atoms with Crippen LogP contribution in [-0.2, 0) is 6.18 Å². The molecule has 6 nitrogen and oxygen atoms in total. The summed E-state index contributed by atoms with van der Waals surface area (Å²) in [5.41, 5.74) is 1.33. The first kappa shape index (κ1) is 18.6. The summed E-state index contributed by atoms with van der Waals surface area (Å²) in [7, 11) is 0. The predicted molar refractivity (Wildman–Crippen MR) is 101 cm³/mol. The van der Waals surface area contributed by atoms with Gasteiger partial charge in [0.1, 0.15) is 11.5 Å². The second-order valence-corrected chi connectivity index (χ2v) is 6.35. The van der Waals surface area contributed by atoms with Gasteiger partial charge in [0.2, 0.25) is 0 Å². The molecule has 4 rings (SSSR count). The number of nitrogens with zero attached hydrogens (tertiary/aromatic N) is 3. The van der Waals surface area contributed by atoms with Crippen molar-refractivity contribution in [2.24, 2.45) is 0 Å². The zero-order chi connectivity index (χ0) is 20.6. The number of carbonyl (C=O) groups is 1. The van der Waals surface area contributed by atoms with E-state index in [0.29, 0.717) is 28.3 Å². The second kappa shape index (κ2) is 7.01. The monoisotopic (exact) mass is 397 g/mol. The lowest BCUT2D eigenvalue weighted by molar-refractivity contribution is -0.137. The van der Waals surface area contributed by atoms with Crippen molar-refractivity contribution < 1.29 is 18.0 Å². The van der Waals surface area contributed by atoms with E-state index in [4.69, 9.17) is 0 Å². The first-order chi connectivity index (χ1) is 13.8. The summed E-state index contributed by atoms with van der Waals surface area (Å²) in [6, 6.07) is 11.7. The van der Waals surface area contributed by atoms with Gasteiger partial charge in [-0.25, -0.2) is 9.97 Å². The van der Waals surface area contributed by atoms with Gasteiger partial charge in [-0.1, -0.05) is 12.1 Å². The Labute approximate surface area is 162 Å². The number of H-pyrrole nitrogens is 1. The minimum Gasteiger partial charge on any atom is -0.305 e. The minimum atomic E-state index is -4.41. The summed E-state index contributed by atoms with van der Waals surface area (Å²) in [6.07, 6.45) is -2.80. The summed E-state index contributed by atoms with van der Waals surface area (Å²) in [6.45, 7) is 1.67. The molecule has 0 spiro atoms. The molecule has 146 valence electrons. The number of fused-ring (bicyclic) bond motifs is 1. The maximum atomic E-state index is 12.7.